The Balaban J connectivity index is 1.55. The molecule has 0 saturated carbocycles. The van der Waals surface area contributed by atoms with E-state index in [4.69, 9.17) is 0 Å². The zero-order chi connectivity index (χ0) is 12.4. The molecule has 1 aromatic heterocycles. The molecule has 3 heterocycles. The van der Waals surface area contributed by atoms with Crippen molar-refractivity contribution in [2.45, 2.75) is 19.3 Å². The average Bonchev–Trinajstić information content (AvgIpc) is 3.11. The molecular weight excluding hydrogens is 226 g/mol. The molecule has 0 radical (unpaired) electrons. The van der Waals surface area contributed by atoms with E-state index in [9.17, 15) is 4.79 Å². The molecule has 18 heavy (non-hydrogen) atoms. The molecule has 1 unspecified atom stereocenters. The highest BCUT2D eigenvalue weighted by Gasteiger charge is 2.30. The number of nitrogens with one attached hydrogen (secondary N) is 2. The molecule has 2 fully saturated rings. The van der Waals surface area contributed by atoms with Crippen LogP contribution in [0.1, 0.15) is 29.8 Å². The standard InChI is InChI=1S/C14H21N3O/c18-14(13-2-1-6-16-13)17-8-4-11(5-9-17)12-3-7-15-10-12/h1-2,6,11-12,15-16H,3-5,7-10H2. The Morgan fingerprint density at radius 3 is 2.67 bits per heavy atom. The number of carbonyl (C=O) groups excluding carboxylic acids is 1. The van der Waals surface area contributed by atoms with E-state index in [1.54, 1.807) is 0 Å². The smallest absolute Gasteiger partial charge is 0.270 e. The highest BCUT2D eigenvalue weighted by atomic mass is 16.2. The van der Waals surface area contributed by atoms with E-state index in [-0.39, 0.29) is 5.91 Å². The largest absolute Gasteiger partial charge is 0.357 e. The van der Waals surface area contributed by atoms with Gasteiger partial charge in [0.15, 0.2) is 0 Å². The first kappa shape index (κ1) is 11.8. The first-order chi connectivity index (χ1) is 8.84. The number of hydrogen-bond acceptors (Lipinski definition) is 2. The van der Waals surface area contributed by atoms with Gasteiger partial charge in [0, 0.05) is 19.3 Å². The first-order valence-corrected chi connectivity index (χ1v) is 6.98. The maximum Gasteiger partial charge on any atom is 0.270 e. The summed E-state index contributed by atoms with van der Waals surface area (Å²) in [5.41, 5.74) is 0.719. The van der Waals surface area contributed by atoms with Gasteiger partial charge in [-0.25, -0.2) is 0 Å². The summed E-state index contributed by atoms with van der Waals surface area (Å²) in [5, 5.41) is 3.44. The van der Waals surface area contributed by atoms with Gasteiger partial charge in [-0.1, -0.05) is 0 Å². The summed E-state index contributed by atoms with van der Waals surface area (Å²) in [7, 11) is 0. The van der Waals surface area contributed by atoms with E-state index in [2.05, 4.69) is 10.3 Å². The summed E-state index contributed by atoms with van der Waals surface area (Å²) in [4.78, 5) is 17.2. The molecule has 2 aliphatic heterocycles. The van der Waals surface area contributed by atoms with Crippen LogP contribution in [-0.2, 0) is 0 Å². The van der Waals surface area contributed by atoms with Crippen molar-refractivity contribution in [3.05, 3.63) is 24.0 Å². The molecule has 0 spiro atoms. The van der Waals surface area contributed by atoms with Gasteiger partial charge in [-0.3, -0.25) is 4.79 Å². The zero-order valence-electron chi connectivity index (χ0n) is 10.7. The molecule has 1 amide bonds. The molecular formula is C14H21N3O. The van der Waals surface area contributed by atoms with Crippen LogP contribution in [0.2, 0.25) is 0 Å². The van der Waals surface area contributed by atoms with Gasteiger partial charge in [-0.2, -0.15) is 0 Å². The normalized spacial score (nSPS) is 25.6. The van der Waals surface area contributed by atoms with Crippen molar-refractivity contribution in [3.8, 4) is 0 Å². The number of hydrogen-bond donors (Lipinski definition) is 2. The zero-order valence-corrected chi connectivity index (χ0v) is 10.7. The van der Waals surface area contributed by atoms with Gasteiger partial charge in [0.2, 0.25) is 0 Å². The summed E-state index contributed by atoms with van der Waals surface area (Å²) in [5.74, 6) is 1.81. The Hall–Kier alpha value is -1.29. The van der Waals surface area contributed by atoms with Crippen molar-refractivity contribution < 1.29 is 4.79 Å². The topological polar surface area (TPSA) is 48.1 Å². The molecule has 4 nitrogen and oxygen atoms in total. The molecule has 1 atom stereocenters. The van der Waals surface area contributed by atoms with Crippen molar-refractivity contribution in [2.75, 3.05) is 26.2 Å². The van der Waals surface area contributed by atoms with Crippen molar-refractivity contribution >= 4 is 5.91 Å². The molecule has 3 rings (SSSR count). The Kier molecular flexibility index (Phi) is 3.37. The van der Waals surface area contributed by atoms with Crippen molar-refractivity contribution in [2.24, 2.45) is 11.8 Å². The van der Waals surface area contributed by atoms with E-state index in [0.717, 1.165) is 30.6 Å². The van der Waals surface area contributed by atoms with Crippen LogP contribution in [0.4, 0.5) is 0 Å². The molecule has 1 aromatic rings. The van der Waals surface area contributed by atoms with E-state index < -0.39 is 0 Å². The third kappa shape index (κ3) is 2.29. The predicted molar refractivity (Wildman–Crippen MR) is 70.4 cm³/mol. The van der Waals surface area contributed by atoms with E-state index >= 15 is 0 Å². The highest BCUT2D eigenvalue weighted by molar-refractivity contribution is 5.92. The summed E-state index contributed by atoms with van der Waals surface area (Å²) >= 11 is 0. The van der Waals surface area contributed by atoms with Crippen molar-refractivity contribution in [1.29, 1.82) is 0 Å². The van der Waals surface area contributed by atoms with Crippen LogP contribution in [0.5, 0.6) is 0 Å². The second-order valence-corrected chi connectivity index (χ2v) is 5.47. The van der Waals surface area contributed by atoms with Gasteiger partial charge in [-0.05, 0) is 56.3 Å². The Labute approximate surface area is 108 Å². The number of piperidine rings is 1. The fourth-order valence-corrected chi connectivity index (χ4v) is 3.29. The van der Waals surface area contributed by atoms with E-state index in [0.29, 0.717) is 0 Å². The lowest BCUT2D eigenvalue weighted by Gasteiger charge is -2.34. The summed E-state index contributed by atoms with van der Waals surface area (Å²) in [6.45, 7) is 4.18. The lowest BCUT2D eigenvalue weighted by Crippen LogP contribution is -2.40. The molecule has 0 bridgehead atoms. The van der Waals surface area contributed by atoms with Gasteiger partial charge in [0.25, 0.3) is 5.91 Å². The van der Waals surface area contributed by atoms with Gasteiger partial charge >= 0.3 is 0 Å². The molecule has 4 heteroatoms. The Morgan fingerprint density at radius 2 is 2.06 bits per heavy atom. The van der Waals surface area contributed by atoms with Crippen molar-refractivity contribution in [1.82, 2.24) is 15.2 Å². The Bertz CT molecular complexity index is 387. The molecule has 98 valence electrons. The number of H-pyrrole nitrogens is 1. The highest BCUT2D eigenvalue weighted by Crippen LogP contribution is 2.29. The Morgan fingerprint density at radius 1 is 1.22 bits per heavy atom. The minimum atomic E-state index is 0.156. The van der Waals surface area contributed by atoms with E-state index in [1.807, 2.05) is 23.2 Å². The summed E-state index contributed by atoms with van der Waals surface area (Å²) < 4.78 is 0. The summed E-state index contributed by atoms with van der Waals surface area (Å²) in [6.07, 6.45) is 5.46. The number of rotatable bonds is 2. The SMILES string of the molecule is O=C(c1ccc[nH]1)N1CCC(C2CCNC2)CC1. The average molecular weight is 247 g/mol. The quantitative estimate of drug-likeness (QED) is 0.831. The minimum Gasteiger partial charge on any atom is -0.357 e. The maximum absolute atomic E-state index is 12.2. The number of amides is 1. The number of aromatic nitrogens is 1. The fraction of sp³-hybridized carbons (Fsp3) is 0.643. The van der Waals surface area contributed by atoms with Crippen LogP contribution in [-0.4, -0.2) is 42.0 Å². The van der Waals surface area contributed by atoms with Gasteiger partial charge in [0.05, 0.1) is 0 Å². The van der Waals surface area contributed by atoms with Gasteiger partial charge in [-0.15, -0.1) is 0 Å². The van der Waals surface area contributed by atoms with Crippen LogP contribution in [0, 0.1) is 11.8 Å². The van der Waals surface area contributed by atoms with Crippen LogP contribution < -0.4 is 5.32 Å². The van der Waals surface area contributed by atoms with Crippen molar-refractivity contribution in [3.63, 3.8) is 0 Å². The number of carbonyl (C=O) groups is 1. The second-order valence-electron chi connectivity index (χ2n) is 5.47. The second kappa shape index (κ2) is 5.14. The van der Waals surface area contributed by atoms with Crippen LogP contribution in [0.15, 0.2) is 18.3 Å². The first-order valence-electron chi connectivity index (χ1n) is 6.98. The predicted octanol–water partition coefficient (Wildman–Crippen LogP) is 1.48. The van der Waals surface area contributed by atoms with Crippen LogP contribution in [0.25, 0.3) is 0 Å². The fourth-order valence-electron chi connectivity index (χ4n) is 3.29. The minimum absolute atomic E-state index is 0.156. The van der Waals surface area contributed by atoms with Gasteiger partial charge in [0.1, 0.15) is 5.69 Å². The monoisotopic (exact) mass is 247 g/mol. The molecule has 2 aliphatic rings. The molecule has 2 saturated heterocycles. The molecule has 0 aromatic carbocycles. The molecule has 0 aliphatic carbocycles. The van der Waals surface area contributed by atoms with Gasteiger partial charge < -0.3 is 15.2 Å². The molecule has 2 N–H and O–H groups in total. The lowest BCUT2D eigenvalue weighted by molar-refractivity contribution is 0.0658. The van der Waals surface area contributed by atoms with Crippen LogP contribution >= 0.6 is 0 Å². The number of likely N-dealkylation sites (tertiary alicyclic amines) is 1. The third-order valence-electron chi connectivity index (χ3n) is 4.42. The van der Waals surface area contributed by atoms with Crippen LogP contribution in [0.3, 0.4) is 0 Å². The third-order valence-corrected chi connectivity index (χ3v) is 4.42. The number of aromatic amines is 1. The maximum atomic E-state index is 12.2. The number of nitrogens with zero attached hydrogens (tertiary/aromatic N) is 1. The summed E-state index contributed by atoms with van der Waals surface area (Å²) in [6, 6.07) is 3.74. The van der Waals surface area contributed by atoms with E-state index in [1.165, 1.54) is 32.4 Å². The lowest BCUT2D eigenvalue weighted by atomic mass is 9.84.